The lowest BCUT2D eigenvalue weighted by atomic mass is 10.1. The standard InChI is InChI=1S/C16H13Br2FO2/c17-8-10-1-3-16(14(18)5-10)20-9-13-7-11-6-12(19)2-4-15(11)21-13/h1-6,13H,7-9H2. The van der Waals surface area contributed by atoms with Crippen LogP contribution in [0.1, 0.15) is 11.1 Å². The normalized spacial score (nSPS) is 16.4. The Labute approximate surface area is 139 Å². The van der Waals surface area contributed by atoms with Gasteiger partial charge in [0.1, 0.15) is 30.0 Å². The molecule has 2 aromatic rings. The molecular weight excluding hydrogens is 403 g/mol. The molecule has 0 saturated carbocycles. The van der Waals surface area contributed by atoms with E-state index in [-0.39, 0.29) is 11.9 Å². The lowest BCUT2D eigenvalue weighted by Gasteiger charge is -2.14. The summed E-state index contributed by atoms with van der Waals surface area (Å²) in [4.78, 5) is 0. The summed E-state index contributed by atoms with van der Waals surface area (Å²) in [5.41, 5.74) is 2.08. The molecule has 5 heteroatoms. The minimum atomic E-state index is -0.230. The number of rotatable bonds is 4. The van der Waals surface area contributed by atoms with E-state index in [2.05, 4.69) is 31.9 Å². The fraction of sp³-hybridized carbons (Fsp3) is 0.250. The second-order valence-electron chi connectivity index (χ2n) is 4.91. The molecule has 1 aliphatic rings. The van der Waals surface area contributed by atoms with Gasteiger partial charge in [-0.15, -0.1) is 0 Å². The summed E-state index contributed by atoms with van der Waals surface area (Å²) in [6, 6.07) is 10.6. The zero-order valence-corrected chi connectivity index (χ0v) is 14.3. The van der Waals surface area contributed by atoms with Gasteiger partial charge in [0, 0.05) is 17.3 Å². The van der Waals surface area contributed by atoms with Crippen LogP contribution in [0, 0.1) is 5.82 Å². The Bertz CT molecular complexity index is 661. The number of alkyl halides is 1. The minimum Gasteiger partial charge on any atom is -0.489 e. The second kappa shape index (κ2) is 6.36. The smallest absolute Gasteiger partial charge is 0.137 e. The zero-order chi connectivity index (χ0) is 14.8. The molecule has 1 atom stereocenters. The molecule has 2 nitrogen and oxygen atoms in total. The molecule has 0 fully saturated rings. The number of ether oxygens (including phenoxy) is 2. The van der Waals surface area contributed by atoms with Crippen LogP contribution in [0.5, 0.6) is 11.5 Å². The third-order valence-electron chi connectivity index (χ3n) is 3.34. The maximum atomic E-state index is 13.2. The molecule has 21 heavy (non-hydrogen) atoms. The van der Waals surface area contributed by atoms with Crippen LogP contribution in [-0.4, -0.2) is 12.7 Å². The molecule has 0 spiro atoms. The summed E-state index contributed by atoms with van der Waals surface area (Å²) >= 11 is 6.92. The molecular formula is C16H13Br2FO2. The molecule has 0 radical (unpaired) electrons. The molecule has 0 aliphatic carbocycles. The van der Waals surface area contributed by atoms with Crippen molar-refractivity contribution in [2.45, 2.75) is 17.9 Å². The third-order valence-corrected chi connectivity index (χ3v) is 4.61. The van der Waals surface area contributed by atoms with Crippen molar-refractivity contribution in [3.8, 4) is 11.5 Å². The van der Waals surface area contributed by atoms with Gasteiger partial charge in [0.15, 0.2) is 0 Å². The number of fused-ring (bicyclic) bond motifs is 1. The summed E-state index contributed by atoms with van der Waals surface area (Å²) in [7, 11) is 0. The van der Waals surface area contributed by atoms with Crippen LogP contribution in [0.3, 0.4) is 0 Å². The van der Waals surface area contributed by atoms with Crippen LogP contribution in [0.2, 0.25) is 0 Å². The molecule has 1 unspecified atom stereocenters. The van der Waals surface area contributed by atoms with Gasteiger partial charge in [0.05, 0.1) is 4.47 Å². The van der Waals surface area contributed by atoms with E-state index in [1.54, 1.807) is 6.07 Å². The fourth-order valence-electron chi connectivity index (χ4n) is 2.31. The van der Waals surface area contributed by atoms with Crippen LogP contribution >= 0.6 is 31.9 Å². The van der Waals surface area contributed by atoms with Crippen molar-refractivity contribution in [2.75, 3.05) is 6.61 Å². The monoisotopic (exact) mass is 414 g/mol. The predicted molar refractivity (Wildman–Crippen MR) is 86.8 cm³/mol. The van der Waals surface area contributed by atoms with Crippen molar-refractivity contribution in [3.05, 3.63) is 57.8 Å². The van der Waals surface area contributed by atoms with Gasteiger partial charge in [-0.3, -0.25) is 0 Å². The highest BCUT2D eigenvalue weighted by atomic mass is 79.9. The Hall–Kier alpha value is -1.07. The Kier molecular flexibility index (Phi) is 4.50. The lowest BCUT2D eigenvalue weighted by molar-refractivity contribution is 0.148. The first-order valence-electron chi connectivity index (χ1n) is 6.58. The lowest BCUT2D eigenvalue weighted by Crippen LogP contribution is -2.22. The van der Waals surface area contributed by atoms with E-state index in [0.717, 1.165) is 26.9 Å². The third kappa shape index (κ3) is 3.40. The van der Waals surface area contributed by atoms with E-state index in [9.17, 15) is 4.39 Å². The zero-order valence-electron chi connectivity index (χ0n) is 11.1. The van der Waals surface area contributed by atoms with Crippen LogP contribution in [0.25, 0.3) is 0 Å². The average Bonchev–Trinajstić information content (AvgIpc) is 2.87. The summed E-state index contributed by atoms with van der Waals surface area (Å²) in [5, 5.41) is 0.804. The van der Waals surface area contributed by atoms with Gasteiger partial charge in [-0.2, -0.15) is 0 Å². The summed E-state index contributed by atoms with van der Waals surface area (Å²) in [6.45, 7) is 0.433. The summed E-state index contributed by atoms with van der Waals surface area (Å²) in [5.74, 6) is 1.30. The van der Waals surface area contributed by atoms with Gasteiger partial charge in [-0.1, -0.05) is 22.0 Å². The van der Waals surface area contributed by atoms with Crippen molar-refractivity contribution < 1.29 is 13.9 Å². The fourth-order valence-corrected chi connectivity index (χ4v) is 3.20. The molecule has 0 bridgehead atoms. The van der Waals surface area contributed by atoms with E-state index in [0.29, 0.717) is 13.0 Å². The predicted octanol–water partition coefficient (Wildman–Crippen LogP) is 4.87. The maximum Gasteiger partial charge on any atom is 0.137 e. The van der Waals surface area contributed by atoms with Gasteiger partial charge >= 0.3 is 0 Å². The number of benzene rings is 2. The van der Waals surface area contributed by atoms with Crippen LogP contribution in [-0.2, 0) is 11.8 Å². The topological polar surface area (TPSA) is 18.5 Å². The van der Waals surface area contributed by atoms with E-state index in [4.69, 9.17) is 9.47 Å². The van der Waals surface area contributed by atoms with Crippen LogP contribution in [0.15, 0.2) is 40.9 Å². The van der Waals surface area contributed by atoms with E-state index in [1.165, 1.54) is 17.7 Å². The van der Waals surface area contributed by atoms with Crippen molar-refractivity contribution in [3.63, 3.8) is 0 Å². The quantitative estimate of drug-likeness (QED) is 0.663. The van der Waals surface area contributed by atoms with Crippen LogP contribution < -0.4 is 9.47 Å². The number of hydrogen-bond donors (Lipinski definition) is 0. The van der Waals surface area contributed by atoms with E-state index >= 15 is 0 Å². The highest BCUT2D eigenvalue weighted by Gasteiger charge is 2.24. The van der Waals surface area contributed by atoms with Crippen molar-refractivity contribution in [1.29, 1.82) is 0 Å². The molecule has 0 N–H and O–H groups in total. The largest absolute Gasteiger partial charge is 0.489 e. The average molecular weight is 416 g/mol. The summed E-state index contributed by atoms with van der Waals surface area (Å²) in [6.07, 6.45) is 0.592. The van der Waals surface area contributed by atoms with Gasteiger partial charge in [0.2, 0.25) is 0 Å². The highest BCUT2D eigenvalue weighted by Crippen LogP contribution is 2.31. The molecule has 1 heterocycles. The highest BCUT2D eigenvalue weighted by molar-refractivity contribution is 9.10. The SMILES string of the molecule is Fc1ccc2c(c1)CC(COc1ccc(CBr)cc1Br)O2. The first kappa shape index (κ1) is 14.9. The van der Waals surface area contributed by atoms with E-state index in [1.807, 2.05) is 18.2 Å². The number of hydrogen-bond acceptors (Lipinski definition) is 2. The molecule has 0 saturated heterocycles. The molecule has 0 amide bonds. The van der Waals surface area contributed by atoms with Gasteiger partial charge in [0.25, 0.3) is 0 Å². The molecule has 3 rings (SSSR count). The van der Waals surface area contributed by atoms with Crippen molar-refractivity contribution >= 4 is 31.9 Å². The molecule has 2 aromatic carbocycles. The second-order valence-corrected chi connectivity index (χ2v) is 6.32. The van der Waals surface area contributed by atoms with Crippen LogP contribution in [0.4, 0.5) is 4.39 Å². The Morgan fingerprint density at radius 1 is 1.24 bits per heavy atom. The first-order valence-corrected chi connectivity index (χ1v) is 8.49. The molecule has 110 valence electrons. The maximum absolute atomic E-state index is 13.2. The summed E-state index contributed by atoms with van der Waals surface area (Å²) < 4.78 is 25.6. The Balaban J connectivity index is 1.62. The van der Waals surface area contributed by atoms with Crippen molar-refractivity contribution in [2.24, 2.45) is 0 Å². The first-order chi connectivity index (χ1) is 10.2. The van der Waals surface area contributed by atoms with Crippen molar-refractivity contribution in [1.82, 2.24) is 0 Å². The number of halogens is 3. The molecule has 1 aliphatic heterocycles. The van der Waals surface area contributed by atoms with E-state index < -0.39 is 0 Å². The van der Waals surface area contributed by atoms with Gasteiger partial charge in [-0.05, 0) is 51.8 Å². The Morgan fingerprint density at radius 3 is 2.86 bits per heavy atom. The van der Waals surface area contributed by atoms with Gasteiger partial charge in [-0.25, -0.2) is 4.39 Å². The van der Waals surface area contributed by atoms with Gasteiger partial charge < -0.3 is 9.47 Å². The minimum absolute atomic E-state index is 0.0791. The molecule has 0 aromatic heterocycles. The Morgan fingerprint density at radius 2 is 2.10 bits per heavy atom.